The van der Waals surface area contributed by atoms with Crippen LogP contribution in [-0.4, -0.2) is 42.4 Å². The van der Waals surface area contributed by atoms with Crippen LogP contribution in [0.3, 0.4) is 0 Å². The van der Waals surface area contributed by atoms with Gasteiger partial charge in [0.15, 0.2) is 0 Å². The van der Waals surface area contributed by atoms with E-state index in [2.05, 4.69) is 5.32 Å². The van der Waals surface area contributed by atoms with Crippen LogP contribution >= 0.6 is 12.4 Å². The number of amides is 2. The third-order valence-corrected chi connectivity index (χ3v) is 3.16. The highest BCUT2D eigenvalue weighted by Gasteiger charge is 2.25. The van der Waals surface area contributed by atoms with Crippen molar-refractivity contribution in [1.29, 1.82) is 0 Å². The van der Waals surface area contributed by atoms with Gasteiger partial charge in [0, 0.05) is 38.5 Å². The maximum atomic E-state index is 11.7. The van der Waals surface area contributed by atoms with Gasteiger partial charge in [-0.15, -0.1) is 12.4 Å². The molecule has 0 aromatic heterocycles. The molecule has 0 saturated carbocycles. The zero-order chi connectivity index (χ0) is 12.7. The summed E-state index contributed by atoms with van der Waals surface area (Å²) in [4.78, 5) is 25.0. The van der Waals surface area contributed by atoms with E-state index < -0.39 is 0 Å². The summed E-state index contributed by atoms with van der Waals surface area (Å²) in [5.41, 5.74) is 5.31. The van der Waals surface area contributed by atoms with Crippen molar-refractivity contribution in [3.05, 3.63) is 0 Å². The summed E-state index contributed by atoms with van der Waals surface area (Å²) in [7, 11) is 0. The minimum absolute atomic E-state index is 0. The van der Waals surface area contributed by atoms with E-state index in [-0.39, 0.29) is 30.3 Å². The standard InChI is InChI=1S/C12H23N3O2.ClH/c1-2-12(17)15-8-4-3-5-10(15)9-14-11(16)6-7-13;/h10H,2-9,13H2,1H3,(H,14,16);1H. The molecule has 1 atom stereocenters. The molecular weight excluding hydrogens is 254 g/mol. The van der Waals surface area contributed by atoms with Crippen molar-refractivity contribution in [1.82, 2.24) is 10.2 Å². The van der Waals surface area contributed by atoms with Crippen molar-refractivity contribution in [3.63, 3.8) is 0 Å². The van der Waals surface area contributed by atoms with Gasteiger partial charge in [-0.3, -0.25) is 9.59 Å². The first-order chi connectivity index (χ1) is 8.19. The lowest BCUT2D eigenvalue weighted by Gasteiger charge is -2.35. The quantitative estimate of drug-likeness (QED) is 0.775. The number of hydrogen-bond acceptors (Lipinski definition) is 3. The lowest BCUT2D eigenvalue weighted by atomic mass is 10.0. The SMILES string of the molecule is CCC(=O)N1CCCCC1CNC(=O)CCN.Cl. The van der Waals surface area contributed by atoms with Crippen LogP contribution in [0.25, 0.3) is 0 Å². The van der Waals surface area contributed by atoms with Crippen molar-refractivity contribution in [2.75, 3.05) is 19.6 Å². The van der Waals surface area contributed by atoms with E-state index >= 15 is 0 Å². The molecular formula is C12H24ClN3O2. The Hall–Kier alpha value is -0.810. The van der Waals surface area contributed by atoms with Crippen LogP contribution in [-0.2, 0) is 9.59 Å². The molecule has 3 N–H and O–H groups in total. The number of likely N-dealkylation sites (tertiary alicyclic amines) is 1. The smallest absolute Gasteiger partial charge is 0.222 e. The van der Waals surface area contributed by atoms with E-state index in [1.165, 1.54) is 0 Å². The number of piperidine rings is 1. The molecule has 0 aromatic rings. The number of nitrogens with one attached hydrogen (secondary N) is 1. The van der Waals surface area contributed by atoms with E-state index in [4.69, 9.17) is 5.73 Å². The number of rotatable bonds is 5. The lowest BCUT2D eigenvalue weighted by Crippen LogP contribution is -2.49. The van der Waals surface area contributed by atoms with Crippen LogP contribution in [0.5, 0.6) is 0 Å². The number of nitrogens with two attached hydrogens (primary N) is 1. The first-order valence-electron chi connectivity index (χ1n) is 6.45. The number of hydrogen-bond donors (Lipinski definition) is 2. The molecule has 0 radical (unpaired) electrons. The molecule has 1 saturated heterocycles. The van der Waals surface area contributed by atoms with Crippen molar-refractivity contribution >= 4 is 24.2 Å². The maximum Gasteiger partial charge on any atom is 0.222 e. The van der Waals surface area contributed by atoms with Gasteiger partial charge in [-0.1, -0.05) is 6.92 Å². The number of halogens is 1. The Morgan fingerprint density at radius 1 is 1.39 bits per heavy atom. The largest absolute Gasteiger partial charge is 0.354 e. The van der Waals surface area contributed by atoms with Crippen LogP contribution in [0, 0.1) is 0 Å². The molecule has 0 spiro atoms. The molecule has 0 aromatic carbocycles. The third-order valence-electron chi connectivity index (χ3n) is 3.16. The lowest BCUT2D eigenvalue weighted by molar-refractivity contribution is -0.135. The molecule has 1 aliphatic heterocycles. The fourth-order valence-electron chi connectivity index (χ4n) is 2.20. The Balaban J connectivity index is 0.00000289. The number of nitrogens with zero attached hydrogens (tertiary/aromatic N) is 1. The van der Waals surface area contributed by atoms with E-state index in [0.29, 0.717) is 25.9 Å². The molecule has 1 heterocycles. The summed E-state index contributed by atoms with van der Waals surface area (Å²) < 4.78 is 0. The minimum Gasteiger partial charge on any atom is -0.354 e. The first-order valence-corrected chi connectivity index (χ1v) is 6.45. The van der Waals surface area contributed by atoms with Crippen molar-refractivity contribution in [3.8, 4) is 0 Å². The highest BCUT2D eigenvalue weighted by Crippen LogP contribution is 2.17. The van der Waals surface area contributed by atoms with E-state index in [9.17, 15) is 9.59 Å². The zero-order valence-corrected chi connectivity index (χ0v) is 11.8. The average Bonchev–Trinajstić information content (AvgIpc) is 2.36. The summed E-state index contributed by atoms with van der Waals surface area (Å²) in [6.07, 6.45) is 4.07. The monoisotopic (exact) mass is 277 g/mol. The average molecular weight is 278 g/mol. The minimum atomic E-state index is -0.0260. The normalized spacial score (nSPS) is 19.0. The van der Waals surface area contributed by atoms with Crippen LogP contribution in [0.15, 0.2) is 0 Å². The van der Waals surface area contributed by atoms with Gasteiger partial charge < -0.3 is 16.0 Å². The molecule has 0 aliphatic carbocycles. The zero-order valence-electron chi connectivity index (χ0n) is 11.0. The molecule has 106 valence electrons. The maximum absolute atomic E-state index is 11.7. The molecule has 5 nitrogen and oxygen atoms in total. The third kappa shape index (κ3) is 5.23. The van der Waals surface area contributed by atoms with Gasteiger partial charge in [0.25, 0.3) is 0 Å². The van der Waals surface area contributed by atoms with Crippen molar-refractivity contribution < 1.29 is 9.59 Å². The molecule has 1 unspecified atom stereocenters. The topological polar surface area (TPSA) is 75.4 Å². The Kier molecular flexibility index (Phi) is 8.75. The van der Waals surface area contributed by atoms with Crippen molar-refractivity contribution in [2.45, 2.75) is 45.1 Å². The fraction of sp³-hybridized carbons (Fsp3) is 0.833. The predicted molar refractivity (Wildman–Crippen MR) is 73.6 cm³/mol. The highest BCUT2D eigenvalue weighted by atomic mass is 35.5. The summed E-state index contributed by atoms with van der Waals surface area (Å²) in [5, 5.41) is 2.85. The van der Waals surface area contributed by atoms with Crippen LogP contribution < -0.4 is 11.1 Å². The molecule has 1 rings (SSSR count). The highest BCUT2D eigenvalue weighted by molar-refractivity contribution is 5.85. The van der Waals surface area contributed by atoms with Crippen LogP contribution in [0.1, 0.15) is 39.0 Å². The van der Waals surface area contributed by atoms with Crippen molar-refractivity contribution in [2.24, 2.45) is 5.73 Å². The van der Waals surface area contributed by atoms with E-state index in [1.807, 2.05) is 11.8 Å². The molecule has 2 amide bonds. The van der Waals surface area contributed by atoms with Gasteiger partial charge in [-0.05, 0) is 19.3 Å². The van der Waals surface area contributed by atoms with Gasteiger partial charge in [0.2, 0.25) is 11.8 Å². The Morgan fingerprint density at radius 3 is 2.72 bits per heavy atom. The Bertz CT molecular complexity index is 274. The van der Waals surface area contributed by atoms with Gasteiger partial charge in [0.05, 0.1) is 0 Å². The molecule has 1 aliphatic rings. The first kappa shape index (κ1) is 17.2. The molecule has 1 fully saturated rings. The number of carbonyl (C=O) groups excluding carboxylic acids is 2. The predicted octanol–water partition coefficient (Wildman–Crippen LogP) is 0.664. The van der Waals surface area contributed by atoms with Crippen LogP contribution in [0.2, 0.25) is 0 Å². The second-order valence-corrected chi connectivity index (χ2v) is 4.43. The second-order valence-electron chi connectivity index (χ2n) is 4.43. The second kappa shape index (κ2) is 9.16. The van der Waals surface area contributed by atoms with Crippen LogP contribution in [0.4, 0.5) is 0 Å². The summed E-state index contributed by atoms with van der Waals surface area (Å²) in [6.45, 7) is 3.63. The van der Waals surface area contributed by atoms with Gasteiger partial charge >= 0.3 is 0 Å². The Labute approximate surface area is 115 Å². The summed E-state index contributed by atoms with van der Waals surface area (Å²) in [5.74, 6) is 0.157. The summed E-state index contributed by atoms with van der Waals surface area (Å²) >= 11 is 0. The number of carbonyl (C=O) groups is 2. The van der Waals surface area contributed by atoms with Gasteiger partial charge in [-0.25, -0.2) is 0 Å². The molecule has 18 heavy (non-hydrogen) atoms. The summed E-state index contributed by atoms with van der Waals surface area (Å²) in [6, 6.07) is 0.165. The fourth-order valence-corrected chi connectivity index (χ4v) is 2.20. The van der Waals surface area contributed by atoms with E-state index in [1.54, 1.807) is 0 Å². The molecule has 6 heteroatoms. The van der Waals surface area contributed by atoms with Gasteiger partial charge in [-0.2, -0.15) is 0 Å². The Morgan fingerprint density at radius 2 is 2.11 bits per heavy atom. The molecule has 0 bridgehead atoms. The van der Waals surface area contributed by atoms with E-state index in [0.717, 1.165) is 25.8 Å². The van der Waals surface area contributed by atoms with Gasteiger partial charge in [0.1, 0.15) is 0 Å².